The van der Waals surface area contributed by atoms with Crippen molar-refractivity contribution in [1.29, 1.82) is 0 Å². The molecule has 0 bridgehead atoms. The average molecular weight is 233 g/mol. The van der Waals surface area contributed by atoms with Gasteiger partial charge in [-0.25, -0.2) is 0 Å². The van der Waals surface area contributed by atoms with E-state index < -0.39 is 5.51 Å². The monoisotopic (exact) mass is 233 g/mol. The van der Waals surface area contributed by atoms with E-state index in [1.165, 1.54) is 6.07 Å². The van der Waals surface area contributed by atoms with Crippen LogP contribution in [0, 0.1) is 0 Å². The molecule has 82 valence electrons. The van der Waals surface area contributed by atoms with Crippen LogP contribution in [0.3, 0.4) is 0 Å². The molecule has 0 aliphatic carbocycles. The van der Waals surface area contributed by atoms with Crippen molar-refractivity contribution in [3.8, 4) is 0 Å². The van der Waals surface area contributed by atoms with Crippen LogP contribution < -0.4 is 5.32 Å². The van der Waals surface area contributed by atoms with Crippen molar-refractivity contribution in [3.05, 3.63) is 29.8 Å². The van der Waals surface area contributed by atoms with Crippen LogP contribution in [0.5, 0.6) is 0 Å². The molecule has 1 saturated heterocycles. The smallest absolute Gasteiger partial charge is 0.310 e. The SMILES string of the molecule is FC(F)(F)Sc1ccccc1[C@H]1CCN1. The van der Waals surface area contributed by atoms with Crippen molar-refractivity contribution in [2.45, 2.75) is 22.9 Å². The first-order valence-corrected chi connectivity index (χ1v) is 5.46. The molecule has 2 rings (SSSR count). The third-order valence-electron chi connectivity index (χ3n) is 2.34. The number of alkyl halides is 3. The Morgan fingerprint density at radius 3 is 2.47 bits per heavy atom. The van der Waals surface area contributed by atoms with Crippen LogP contribution in [0.15, 0.2) is 29.2 Å². The molecular weight excluding hydrogens is 223 g/mol. The largest absolute Gasteiger partial charge is 0.446 e. The Balaban J connectivity index is 2.21. The highest BCUT2D eigenvalue weighted by molar-refractivity contribution is 8.00. The number of hydrogen-bond donors (Lipinski definition) is 1. The first-order chi connectivity index (χ1) is 7.06. The molecule has 0 spiro atoms. The Kier molecular flexibility index (Phi) is 2.93. The van der Waals surface area contributed by atoms with Gasteiger partial charge in [0, 0.05) is 10.9 Å². The highest BCUT2D eigenvalue weighted by Gasteiger charge is 2.32. The Morgan fingerprint density at radius 2 is 1.93 bits per heavy atom. The van der Waals surface area contributed by atoms with Gasteiger partial charge < -0.3 is 5.32 Å². The summed E-state index contributed by atoms with van der Waals surface area (Å²) >= 11 is -0.0350. The number of benzene rings is 1. The lowest BCUT2D eigenvalue weighted by molar-refractivity contribution is -0.0328. The zero-order chi connectivity index (χ0) is 10.9. The predicted molar refractivity (Wildman–Crippen MR) is 53.7 cm³/mol. The molecule has 0 aromatic heterocycles. The molecule has 1 atom stereocenters. The molecule has 1 aliphatic rings. The predicted octanol–water partition coefficient (Wildman–Crippen LogP) is 3.33. The number of rotatable bonds is 2. The lowest BCUT2D eigenvalue weighted by Gasteiger charge is -2.29. The van der Waals surface area contributed by atoms with Crippen LogP contribution in [0.4, 0.5) is 13.2 Å². The van der Waals surface area contributed by atoms with E-state index in [4.69, 9.17) is 0 Å². The molecule has 1 nitrogen and oxygen atoms in total. The van der Waals surface area contributed by atoms with Crippen LogP contribution in [0.1, 0.15) is 18.0 Å². The molecule has 1 aromatic rings. The standard InChI is InChI=1S/C10H10F3NS/c11-10(12,13)15-9-4-2-1-3-7(9)8-5-6-14-8/h1-4,8,14H,5-6H2/t8-/m1/s1. The summed E-state index contributed by atoms with van der Waals surface area (Å²) < 4.78 is 36.7. The van der Waals surface area contributed by atoms with Gasteiger partial charge in [-0.1, -0.05) is 18.2 Å². The summed E-state index contributed by atoms with van der Waals surface area (Å²) in [6, 6.07) is 6.78. The second kappa shape index (κ2) is 4.06. The molecule has 1 N–H and O–H groups in total. The number of hydrogen-bond acceptors (Lipinski definition) is 2. The van der Waals surface area contributed by atoms with Crippen molar-refractivity contribution in [3.63, 3.8) is 0 Å². The summed E-state index contributed by atoms with van der Waals surface area (Å²) in [5.74, 6) is 0. The number of nitrogens with one attached hydrogen (secondary N) is 1. The molecular formula is C10H10F3NS. The van der Waals surface area contributed by atoms with Gasteiger partial charge in [0.1, 0.15) is 0 Å². The number of halogens is 3. The van der Waals surface area contributed by atoms with E-state index in [9.17, 15) is 13.2 Å². The third kappa shape index (κ3) is 2.66. The van der Waals surface area contributed by atoms with E-state index in [0.29, 0.717) is 4.90 Å². The van der Waals surface area contributed by atoms with E-state index in [0.717, 1.165) is 18.5 Å². The Hall–Kier alpha value is -0.680. The van der Waals surface area contributed by atoms with E-state index in [2.05, 4.69) is 5.32 Å². The first kappa shape index (κ1) is 10.8. The second-order valence-electron chi connectivity index (χ2n) is 3.38. The van der Waals surface area contributed by atoms with Crippen molar-refractivity contribution in [2.24, 2.45) is 0 Å². The molecule has 1 fully saturated rings. The second-order valence-corrected chi connectivity index (χ2v) is 4.49. The van der Waals surface area contributed by atoms with Gasteiger partial charge in [-0.3, -0.25) is 0 Å². The summed E-state index contributed by atoms with van der Waals surface area (Å²) in [5, 5.41) is 3.11. The molecule has 5 heteroatoms. The molecule has 15 heavy (non-hydrogen) atoms. The normalized spacial score (nSPS) is 21.1. The molecule has 0 amide bonds. The van der Waals surface area contributed by atoms with Gasteiger partial charge in [0.2, 0.25) is 0 Å². The maximum Gasteiger partial charge on any atom is 0.446 e. The molecule has 1 aromatic carbocycles. The summed E-state index contributed by atoms with van der Waals surface area (Å²) in [5.41, 5.74) is -3.45. The lowest BCUT2D eigenvalue weighted by Crippen LogP contribution is -2.35. The van der Waals surface area contributed by atoms with Gasteiger partial charge in [0.15, 0.2) is 0 Å². The quantitative estimate of drug-likeness (QED) is 0.786. The summed E-state index contributed by atoms with van der Waals surface area (Å²) in [7, 11) is 0. The van der Waals surface area contributed by atoms with Gasteiger partial charge in [0.05, 0.1) is 0 Å². The van der Waals surface area contributed by atoms with Crippen LogP contribution in [-0.2, 0) is 0 Å². The molecule has 0 unspecified atom stereocenters. The summed E-state index contributed by atoms with van der Waals surface area (Å²) in [6.07, 6.45) is 0.912. The van der Waals surface area contributed by atoms with E-state index >= 15 is 0 Å². The van der Waals surface area contributed by atoms with Crippen molar-refractivity contribution >= 4 is 11.8 Å². The van der Waals surface area contributed by atoms with E-state index in [-0.39, 0.29) is 17.8 Å². The topological polar surface area (TPSA) is 12.0 Å². The van der Waals surface area contributed by atoms with Gasteiger partial charge >= 0.3 is 5.51 Å². The molecule has 0 saturated carbocycles. The zero-order valence-electron chi connectivity index (χ0n) is 7.84. The lowest BCUT2D eigenvalue weighted by atomic mass is 9.98. The fourth-order valence-electron chi connectivity index (χ4n) is 1.54. The summed E-state index contributed by atoms with van der Waals surface area (Å²) in [4.78, 5) is 0.308. The number of thioether (sulfide) groups is 1. The highest BCUT2D eigenvalue weighted by Crippen LogP contribution is 2.41. The zero-order valence-corrected chi connectivity index (χ0v) is 8.66. The van der Waals surface area contributed by atoms with E-state index in [1.807, 2.05) is 0 Å². The Bertz CT molecular complexity index is 347. The Morgan fingerprint density at radius 1 is 1.27 bits per heavy atom. The minimum Gasteiger partial charge on any atom is -0.310 e. The molecule has 1 heterocycles. The van der Waals surface area contributed by atoms with Crippen molar-refractivity contribution in [1.82, 2.24) is 5.32 Å². The minimum absolute atomic E-state index is 0.0350. The summed E-state index contributed by atoms with van der Waals surface area (Å²) in [6.45, 7) is 0.885. The van der Waals surface area contributed by atoms with Gasteiger partial charge in [-0.15, -0.1) is 0 Å². The van der Waals surface area contributed by atoms with Crippen LogP contribution in [-0.4, -0.2) is 12.1 Å². The van der Waals surface area contributed by atoms with Crippen LogP contribution in [0.25, 0.3) is 0 Å². The first-order valence-electron chi connectivity index (χ1n) is 4.64. The van der Waals surface area contributed by atoms with Crippen molar-refractivity contribution in [2.75, 3.05) is 6.54 Å². The maximum absolute atomic E-state index is 12.2. The average Bonchev–Trinajstić information content (AvgIpc) is 2.02. The molecule has 1 aliphatic heterocycles. The van der Waals surface area contributed by atoms with Crippen molar-refractivity contribution < 1.29 is 13.2 Å². The van der Waals surface area contributed by atoms with E-state index in [1.54, 1.807) is 18.2 Å². The van der Waals surface area contributed by atoms with Gasteiger partial charge in [0.25, 0.3) is 0 Å². The molecule has 0 radical (unpaired) electrons. The van der Waals surface area contributed by atoms with Crippen LogP contribution in [0.2, 0.25) is 0 Å². The van der Waals surface area contributed by atoms with Gasteiger partial charge in [-0.2, -0.15) is 13.2 Å². The maximum atomic E-state index is 12.2. The minimum atomic E-state index is -4.21. The van der Waals surface area contributed by atoms with Crippen LogP contribution >= 0.6 is 11.8 Å². The fourth-order valence-corrected chi connectivity index (χ4v) is 2.26. The van der Waals surface area contributed by atoms with Gasteiger partial charge in [-0.05, 0) is 36.4 Å². The highest BCUT2D eigenvalue weighted by atomic mass is 32.2. The Labute approximate surface area is 90.1 Å². The third-order valence-corrected chi connectivity index (χ3v) is 3.17. The fraction of sp³-hybridized carbons (Fsp3) is 0.400.